The van der Waals surface area contributed by atoms with Crippen molar-refractivity contribution < 1.29 is 19.4 Å². The number of carbonyl (C=O) groups is 2. The van der Waals surface area contributed by atoms with Crippen molar-refractivity contribution in [3.8, 4) is 0 Å². The Bertz CT molecular complexity index is 299. The van der Waals surface area contributed by atoms with Crippen molar-refractivity contribution in [1.82, 2.24) is 4.90 Å². The van der Waals surface area contributed by atoms with E-state index in [1.807, 2.05) is 0 Å². The smallest absolute Gasteiger partial charge is 0.308 e. The summed E-state index contributed by atoms with van der Waals surface area (Å²) in [4.78, 5) is 23.9. The summed E-state index contributed by atoms with van der Waals surface area (Å²) in [6, 6.07) is 0. The number of likely N-dealkylation sites (tertiary alicyclic amines) is 1. The van der Waals surface area contributed by atoms with E-state index in [9.17, 15) is 9.59 Å². The summed E-state index contributed by atoms with van der Waals surface area (Å²) in [7, 11) is 0. The second kappa shape index (κ2) is 5.49. The van der Waals surface area contributed by atoms with Gasteiger partial charge in [0, 0.05) is 19.5 Å². The van der Waals surface area contributed by atoms with E-state index >= 15 is 0 Å². The highest BCUT2D eigenvalue weighted by atomic mass is 16.5. The monoisotopic (exact) mass is 241 g/mol. The Balaban J connectivity index is 1.68. The van der Waals surface area contributed by atoms with Crippen LogP contribution in [0.1, 0.15) is 32.1 Å². The van der Waals surface area contributed by atoms with Crippen LogP contribution in [0.15, 0.2) is 0 Å². The average Bonchev–Trinajstić information content (AvgIpc) is 2.89. The van der Waals surface area contributed by atoms with E-state index in [1.165, 1.54) is 12.8 Å². The van der Waals surface area contributed by atoms with E-state index in [-0.39, 0.29) is 12.3 Å². The Morgan fingerprint density at radius 1 is 1.41 bits per heavy atom. The molecule has 1 atom stereocenters. The highest BCUT2D eigenvalue weighted by Crippen LogP contribution is 2.21. The fourth-order valence-electron chi connectivity index (χ4n) is 2.54. The molecule has 2 fully saturated rings. The molecule has 5 nitrogen and oxygen atoms in total. The van der Waals surface area contributed by atoms with Crippen molar-refractivity contribution in [2.24, 2.45) is 5.92 Å². The third-order valence-corrected chi connectivity index (χ3v) is 3.58. The van der Waals surface area contributed by atoms with E-state index in [1.54, 1.807) is 4.90 Å². The molecule has 2 rings (SSSR count). The first-order valence-corrected chi connectivity index (χ1v) is 6.29. The van der Waals surface area contributed by atoms with Crippen molar-refractivity contribution in [3.05, 3.63) is 0 Å². The lowest BCUT2D eigenvalue weighted by atomic mass is 10.1. The Kier molecular flexibility index (Phi) is 3.99. The molecule has 0 aromatic carbocycles. The van der Waals surface area contributed by atoms with Crippen molar-refractivity contribution in [2.45, 2.75) is 38.2 Å². The fourth-order valence-corrected chi connectivity index (χ4v) is 2.54. The zero-order valence-electron chi connectivity index (χ0n) is 9.93. The highest BCUT2D eigenvalue weighted by molar-refractivity contribution is 5.86. The lowest BCUT2D eigenvalue weighted by Crippen LogP contribution is -2.30. The number of nitrogens with zero attached hydrogens (tertiary/aromatic N) is 1. The number of rotatable bonds is 5. The first-order valence-electron chi connectivity index (χ1n) is 6.29. The van der Waals surface area contributed by atoms with Gasteiger partial charge >= 0.3 is 5.97 Å². The lowest BCUT2D eigenvalue weighted by Gasteiger charge is -2.18. The van der Waals surface area contributed by atoms with Gasteiger partial charge in [0.1, 0.15) is 0 Å². The molecule has 1 N–H and O–H groups in total. The van der Waals surface area contributed by atoms with Gasteiger partial charge < -0.3 is 14.7 Å². The molecular formula is C12H19NO4. The summed E-state index contributed by atoms with van der Waals surface area (Å²) in [5, 5.41) is 8.84. The van der Waals surface area contributed by atoms with E-state index in [0.29, 0.717) is 25.8 Å². The fraction of sp³-hybridized carbons (Fsp3) is 0.833. The van der Waals surface area contributed by atoms with Gasteiger partial charge in [0.05, 0.1) is 18.6 Å². The normalized spacial score (nSPS) is 25.8. The Morgan fingerprint density at radius 3 is 2.71 bits per heavy atom. The van der Waals surface area contributed by atoms with Crippen molar-refractivity contribution >= 4 is 11.9 Å². The molecule has 5 heteroatoms. The number of amides is 1. The highest BCUT2D eigenvalue weighted by Gasteiger charge is 2.33. The van der Waals surface area contributed by atoms with Gasteiger partial charge in [-0.05, 0) is 12.8 Å². The second-order valence-electron chi connectivity index (χ2n) is 4.86. The third-order valence-electron chi connectivity index (χ3n) is 3.58. The molecule has 1 saturated heterocycles. The van der Waals surface area contributed by atoms with Gasteiger partial charge in [-0.3, -0.25) is 9.59 Å². The molecule has 1 heterocycles. The van der Waals surface area contributed by atoms with Gasteiger partial charge in [-0.25, -0.2) is 0 Å². The van der Waals surface area contributed by atoms with Gasteiger partial charge in [0.2, 0.25) is 5.91 Å². The van der Waals surface area contributed by atoms with Crippen LogP contribution < -0.4 is 0 Å². The molecule has 1 unspecified atom stereocenters. The van der Waals surface area contributed by atoms with Crippen molar-refractivity contribution in [2.75, 3.05) is 19.7 Å². The topological polar surface area (TPSA) is 66.8 Å². The lowest BCUT2D eigenvalue weighted by molar-refractivity contribution is -0.141. The van der Waals surface area contributed by atoms with E-state index in [0.717, 1.165) is 12.8 Å². The van der Waals surface area contributed by atoms with Crippen LogP contribution in [-0.2, 0) is 14.3 Å². The Labute approximate surface area is 101 Å². The van der Waals surface area contributed by atoms with Crippen molar-refractivity contribution in [1.29, 1.82) is 0 Å². The summed E-state index contributed by atoms with van der Waals surface area (Å²) >= 11 is 0. The van der Waals surface area contributed by atoms with Crippen LogP contribution in [0, 0.1) is 5.92 Å². The van der Waals surface area contributed by atoms with Gasteiger partial charge in [0.15, 0.2) is 0 Å². The maximum Gasteiger partial charge on any atom is 0.308 e. The summed E-state index contributed by atoms with van der Waals surface area (Å²) in [5.74, 6) is -1.47. The summed E-state index contributed by atoms with van der Waals surface area (Å²) in [6.07, 6.45) is 5.18. The molecule has 0 radical (unpaired) electrons. The number of carbonyl (C=O) groups excluding carboxylic acids is 1. The van der Waals surface area contributed by atoms with Crippen LogP contribution in [-0.4, -0.2) is 47.7 Å². The quantitative estimate of drug-likeness (QED) is 0.776. The van der Waals surface area contributed by atoms with Crippen LogP contribution >= 0.6 is 0 Å². The minimum atomic E-state index is -0.877. The van der Waals surface area contributed by atoms with Gasteiger partial charge in [-0.1, -0.05) is 12.8 Å². The van der Waals surface area contributed by atoms with Crippen LogP contribution in [0.5, 0.6) is 0 Å². The zero-order valence-corrected chi connectivity index (χ0v) is 9.93. The molecule has 0 spiro atoms. The number of aliphatic carboxylic acids is 1. The maximum absolute atomic E-state index is 11.5. The van der Waals surface area contributed by atoms with E-state index in [2.05, 4.69) is 0 Å². The Hall–Kier alpha value is -1.10. The number of carboxylic acid groups (broad SMARTS) is 1. The first kappa shape index (κ1) is 12.4. The molecule has 0 aromatic heterocycles. The Morgan fingerprint density at radius 2 is 2.12 bits per heavy atom. The first-order chi connectivity index (χ1) is 8.16. The molecule has 96 valence electrons. The molecule has 0 aromatic rings. The summed E-state index contributed by atoms with van der Waals surface area (Å²) < 4.78 is 5.67. The zero-order chi connectivity index (χ0) is 12.3. The van der Waals surface area contributed by atoms with E-state index in [4.69, 9.17) is 9.84 Å². The molecular weight excluding hydrogens is 222 g/mol. The van der Waals surface area contributed by atoms with Crippen molar-refractivity contribution in [3.63, 3.8) is 0 Å². The number of ether oxygens (including phenoxy) is 1. The van der Waals surface area contributed by atoms with Gasteiger partial charge in [-0.2, -0.15) is 0 Å². The van der Waals surface area contributed by atoms with Crippen LogP contribution in [0.2, 0.25) is 0 Å². The number of carboxylic acids is 1. The molecule has 0 bridgehead atoms. The molecule has 1 aliphatic heterocycles. The number of hydrogen-bond acceptors (Lipinski definition) is 3. The molecule has 17 heavy (non-hydrogen) atoms. The predicted molar refractivity (Wildman–Crippen MR) is 60.5 cm³/mol. The van der Waals surface area contributed by atoms with Crippen LogP contribution in [0.25, 0.3) is 0 Å². The minimum Gasteiger partial charge on any atom is -0.481 e. The second-order valence-corrected chi connectivity index (χ2v) is 4.86. The SMILES string of the molecule is O=C(O)C1CC(=O)N(CCOC2CCCC2)C1. The average molecular weight is 241 g/mol. The molecule has 1 aliphatic carbocycles. The van der Waals surface area contributed by atoms with Gasteiger partial charge in [-0.15, -0.1) is 0 Å². The van der Waals surface area contributed by atoms with E-state index < -0.39 is 11.9 Å². The maximum atomic E-state index is 11.5. The molecule has 2 aliphatic rings. The molecule has 1 amide bonds. The standard InChI is InChI=1S/C12H19NO4/c14-11-7-9(12(15)16)8-13(11)5-6-17-10-3-1-2-4-10/h9-10H,1-8H2,(H,15,16). The van der Waals surface area contributed by atoms with Gasteiger partial charge in [0.25, 0.3) is 0 Å². The summed E-state index contributed by atoms with van der Waals surface area (Å²) in [5.41, 5.74) is 0. The third kappa shape index (κ3) is 3.19. The minimum absolute atomic E-state index is 0.0626. The number of hydrogen-bond donors (Lipinski definition) is 1. The summed E-state index contributed by atoms with van der Waals surface area (Å²) in [6.45, 7) is 1.39. The van der Waals surface area contributed by atoms with Crippen LogP contribution in [0.4, 0.5) is 0 Å². The predicted octanol–water partition coefficient (Wildman–Crippen LogP) is 0.879. The van der Waals surface area contributed by atoms with Crippen LogP contribution in [0.3, 0.4) is 0 Å². The molecule has 1 saturated carbocycles. The largest absolute Gasteiger partial charge is 0.481 e.